The van der Waals surface area contributed by atoms with E-state index >= 15 is 0 Å². The zero-order chi connectivity index (χ0) is 11.4. The number of carbonyl (C=O) groups excluding carboxylic acids is 1. The molecule has 0 aliphatic heterocycles. The molecule has 0 radical (unpaired) electrons. The van der Waals surface area contributed by atoms with Gasteiger partial charge >= 0.3 is 5.69 Å². The number of rotatable bonds is 3. The third-order valence-corrected chi connectivity index (χ3v) is 1.90. The van der Waals surface area contributed by atoms with Gasteiger partial charge < -0.3 is 5.32 Å². The van der Waals surface area contributed by atoms with Crippen LogP contribution in [-0.2, 0) is 4.79 Å². The molecular formula is C8H13N5O2. The van der Waals surface area contributed by atoms with Crippen LogP contribution in [0.4, 0.5) is 5.95 Å². The Hall–Kier alpha value is -1.92. The Morgan fingerprint density at radius 3 is 2.80 bits per heavy atom. The number of nitrogens with zero attached hydrogens (tertiary/aromatic N) is 4. The van der Waals surface area contributed by atoms with E-state index in [-0.39, 0.29) is 11.9 Å². The normalized spacial score (nSPS) is 9.80. The molecule has 0 aromatic carbocycles. The molecule has 0 spiro atoms. The van der Waals surface area contributed by atoms with Gasteiger partial charge in [-0.15, -0.1) is 0 Å². The van der Waals surface area contributed by atoms with Gasteiger partial charge in [0.2, 0.25) is 11.9 Å². The van der Waals surface area contributed by atoms with Crippen molar-refractivity contribution in [1.29, 1.82) is 0 Å². The van der Waals surface area contributed by atoms with Crippen LogP contribution in [0.1, 0.15) is 13.3 Å². The summed E-state index contributed by atoms with van der Waals surface area (Å²) >= 11 is 0. The molecule has 0 unspecified atom stereocenters. The van der Waals surface area contributed by atoms with E-state index in [9.17, 15) is 9.59 Å². The van der Waals surface area contributed by atoms with Gasteiger partial charge in [0.25, 0.3) is 0 Å². The number of hydrogen-bond donors (Lipinski definition) is 1. The molecule has 0 atom stereocenters. The minimum absolute atomic E-state index is 0.182. The van der Waals surface area contributed by atoms with Crippen molar-refractivity contribution in [2.45, 2.75) is 13.3 Å². The topological polar surface area (TPSA) is 80.1 Å². The molecule has 15 heavy (non-hydrogen) atoms. The Balaban J connectivity index is 3.06. The predicted molar refractivity (Wildman–Crippen MR) is 55.3 cm³/mol. The highest BCUT2D eigenvalue weighted by atomic mass is 16.2. The summed E-state index contributed by atoms with van der Waals surface area (Å²) in [5.41, 5.74) is -0.543. The second-order valence-electron chi connectivity index (χ2n) is 2.83. The summed E-state index contributed by atoms with van der Waals surface area (Å²) in [5, 5.41) is 3.82. The first-order valence-electron chi connectivity index (χ1n) is 4.50. The number of anilines is 1. The molecule has 7 heteroatoms. The lowest BCUT2D eigenvalue weighted by molar-refractivity contribution is -0.119. The summed E-state index contributed by atoms with van der Waals surface area (Å²) in [5.74, 6) is 0.0477. The third-order valence-electron chi connectivity index (χ3n) is 1.90. The molecule has 1 heterocycles. The van der Waals surface area contributed by atoms with Gasteiger partial charge in [-0.3, -0.25) is 4.79 Å². The largest absolute Gasteiger partial charge is 0.371 e. The van der Waals surface area contributed by atoms with Crippen molar-refractivity contribution in [3.05, 3.63) is 16.8 Å². The van der Waals surface area contributed by atoms with E-state index in [0.29, 0.717) is 6.42 Å². The number of amides is 1. The number of carbonyl (C=O) groups is 1. The Morgan fingerprint density at radius 1 is 1.67 bits per heavy atom. The molecule has 82 valence electrons. The second kappa shape index (κ2) is 4.54. The van der Waals surface area contributed by atoms with Crippen molar-refractivity contribution >= 4 is 11.9 Å². The molecule has 0 saturated carbocycles. The molecule has 1 amide bonds. The maximum Gasteiger partial charge on any atom is 0.371 e. The molecule has 1 aromatic heterocycles. The van der Waals surface area contributed by atoms with E-state index in [1.54, 1.807) is 14.0 Å². The van der Waals surface area contributed by atoms with Gasteiger partial charge in [-0.1, -0.05) is 6.92 Å². The summed E-state index contributed by atoms with van der Waals surface area (Å²) < 4.78 is 1.06. The monoisotopic (exact) mass is 211 g/mol. The first kappa shape index (κ1) is 11.2. The predicted octanol–water partition coefficient (Wildman–Crippen LogP) is -0.816. The SMILES string of the molecule is CCC(=O)N(C)n1cnc(NC)nc1=O. The summed E-state index contributed by atoms with van der Waals surface area (Å²) in [6.45, 7) is 1.71. The molecular weight excluding hydrogens is 198 g/mol. The number of aromatic nitrogens is 3. The van der Waals surface area contributed by atoms with Gasteiger partial charge in [-0.2, -0.15) is 9.66 Å². The highest BCUT2D eigenvalue weighted by Gasteiger charge is 2.10. The van der Waals surface area contributed by atoms with Crippen LogP contribution in [0.25, 0.3) is 0 Å². The van der Waals surface area contributed by atoms with Crippen molar-refractivity contribution in [1.82, 2.24) is 14.6 Å². The van der Waals surface area contributed by atoms with Crippen molar-refractivity contribution in [2.24, 2.45) is 0 Å². The molecule has 1 rings (SSSR count). The quantitative estimate of drug-likeness (QED) is 0.707. The lowest BCUT2D eigenvalue weighted by Gasteiger charge is -2.17. The van der Waals surface area contributed by atoms with E-state index in [2.05, 4.69) is 15.3 Å². The summed E-state index contributed by atoms with van der Waals surface area (Å²) in [6, 6.07) is 0. The van der Waals surface area contributed by atoms with E-state index < -0.39 is 5.69 Å². The van der Waals surface area contributed by atoms with Crippen LogP contribution in [0, 0.1) is 0 Å². The summed E-state index contributed by atoms with van der Waals surface area (Å²) in [6.07, 6.45) is 1.57. The Morgan fingerprint density at radius 2 is 2.33 bits per heavy atom. The number of nitrogens with one attached hydrogen (secondary N) is 1. The van der Waals surface area contributed by atoms with Gasteiger partial charge in [0.15, 0.2) is 0 Å². The Kier molecular flexibility index (Phi) is 3.37. The highest BCUT2D eigenvalue weighted by Crippen LogP contribution is 1.91. The van der Waals surface area contributed by atoms with Crippen LogP contribution in [-0.4, -0.2) is 34.6 Å². The summed E-state index contributed by atoms with van der Waals surface area (Å²) in [7, 11) is 3.11. The molecule has 0 fully saturated rings. The zero-order valence-electron chi connectivity index (χ0n) is 8.89. The van der Waals surface area contributed by atoms with Gasteiger partial charge in [-0.25, -0.2) is 14.8 Å². The molecule has 0 aliphatic carbocycles. The van der Waals surface area contributed by atoms with E-state index in [1.165, 1.54) is 18.4 Å². The van der Waals surface area contributed by atoms with E-state index in [1.807, 2.05) is 0 Å². The maximum atomic E-state index is 11.4. The van der Waals surface area contributed by atoms with Gasteiger partial charge in [0.1, 0.15) is 6.33 Å². The minimum atomic E-state index is -0.543. The Bertz CT molecular complexity index is 414. The Labute approximate surface area is 86.7 Å². The van der Waals surface area contributed by atoms with Crippen LogP contribution >= 0.6 is 0 Å². The van der Waals surface area contributed by atoms with E-state index in [0.717, 1.165) is 4.68 Å². The van der Waals surface area contributed by atoms with Crippen molar-refractivity contribution in [3.63, 3.8) is 0 Å². The standard InChI is InChI=1S/C8H13N5O2/c1-4-6(14)12(3)13-5-10-7(9-2)11-8(13)15/h5H,4H2,1-3H3,(H,9,11,15). The highest BCUT2D eigenvalue weighted by molar-refractivity contribution is 5.84. The first-order valence-corrected chi connectivity index (χ1v) is 4.50. The fraction of sp³-hybridized carbons (Fsp3) is 0.500. The molecule has 1 N–H and O–H groups in total. The van der Waals surface area contributed by atoms with Gasteiger partial charge in [0, 0.05) is 20.5 Å². The molecule has 7 nitrogen and oxygen atoms in total. The molecule has 0 aliphatic rings. The van der Waals surface area contributed by atoms with Gasteiger partial charge in [0.05, 0.1) is 0 Å². The third kappa shape index (κ3) is 2.30. The lowest BCUT2D eigenvalue weighted by Crippen LogP contribution is -2.44. The first-order chi connectivity index (χ1) is 7.10. The summed E-state index contributed by atoms with van der Waals surface area (Å²) in [4.78, 5) is 30.2. The fourth-order valence-corrected chi connectivity index (χ4v) is 1.00. The molecule has 0 saturated heterocycles. The van der Waals surface area contributed by atoms with E-state index in [4.69, 9.17) is 0 Å². The smallest absolute Gasteiger partial charge is 0.357 e. The van der Waals surface area contributed by atoms with Crippen molar-refractivity contribution in [3.8, 4) is 0 Å². The van der Waals surface area contributed by atoms with Crippen LogP contribution < -0.4 is 16.0 Å². The van der Waals surface area contributed by atoms with Crippen LogP contribution in [0.2, 0.25) is 0 Å². The average Bonchev–Trinajstić information content (AvgIpc) is 2.26. The fourth-order valence-electron chi connectivity index (χ4n) is 1.00. The second-order valence-corrected chi connectivity index (χ2v) is 2.83. The van der Waals surface area contributed by atoms with Crippen LogP contribution in [0.15, 0.2) is 11.1 Å². The van der Waals surface area contributed by atoms with Gasteiger partial charge in [-0.05, 0) is 0 Å². The maximum absolute atomic E-state index is 11.4. The van der Waals surface area contributed by atoms with Crippen LogP contribution in [0.3, 0.4) is 0 Å². The minimum Gasteiger partial charge on any atom is -0.357 e. The lowest BCUT2D eigenvalue weighted by atomic mass is 10.4. The van der Waals surface area contributed by atoms with Crippen molar-refractivity contribution < 1.29 is 4.79 Å². The number of hydrogen-bond acceptors (Lipinski definition) is 5. The van der Waals surface area contributed by atoms with Crippen molar-refractivity contribution in [2.75, 3.05) is 24.4 Å². The zero-order valence-corrected chi connectivity index (χ0v) is 8.89. The molecule has 1 aromatic rings. The molecule has 0 bridgehead atoms. The van der Waals surface area contributed by atoms with Crippen LogP contribution in [0.5, 0.6) is 0 Å². The average molecular weight is 211 g/mol.